The topological polar surface area (TPSA) is 51.8 Å². The minimum absolute atomic E-state index is 0.619. The summed E-state index contributed by atoms with van der Waals surface area (Å²) in [7, 11) is 0. The predicted molar refractivity (Wildman–Crippen MR) is 225 cm³/mol. The third-order valence-electron chi connectivity index (χ3n) is 10.2. The zero-order valence-electron chi connectivity index (χ0n) is 29.8. The van der Waals surface area contributed by atoms with Crippen LogP contribution < -0.4 is 0 Å². The van der Waals surface area contributed by atoms with E-state index in [1.165, 1.54) is 16.7 Å². The van der Waals surface area contributed by atoms with Crippen molar-refractivity contribution in [2.24, 2.45) is 0 Å². The maximum absolute atomic E-state index is 6.17. The van der Waals surface area contributed by atoms with Gasteiger partial charge in [0.05, 0.1) is 0 Å². The Balaban J connectivity index is 1.01. The lowest BCUT2D eigenvalue weighted by molar-refractivity contribution is 0.669. The van der Waals surface area contributed by atoms with E-state index in [0.717, 1.165) is 66.4 Å². The van der Waals surface area contributed by atoms with E-state index < -0.39 is 0 Å². The van der Waals surface area contributed by atoms with Gasteiger partial charge in [-0.1, -0.05) is 176 Å². The molecule has 0 spiro atoms. The van der Waals surface area contributed by atoms with Gasteiger partial charge in [0.15, 0.2) is 17.5 Å². The summed E-state index contributed by atoms with van der Waals surface area (Å²) in [4.78, 5) is 15.1. The van der Waals surface area contributed by atoms with Gasteiger partial charge >= 0.3 is 0 Å². The molecule has 0 amide bonds. The van der Waals surface area contributed by atoms with Crippen molar-refractivity contribution in [3.05, 3.63) is 200 Å². The van der Waals surface area contributed by atoms with Crippen LogP contribution in [0.4, 0.5) is 0 Å². The van der Waals surface area contributed by atoms with Crippen molar-refractivity contribution in [2.45, 2.75) is 0 Å². The van der Waals surface area contributed by atoms with Gasteiger partial charge in [0, 0.05) is 27.5 Å². The van der Waals surface area contributed by atoms with E-state index in [-0.39, 0.29) is 0 Å². The second-order valence-electron chi connectivity index (χ2n) is 13.6. The number of hydrogen-bond donors (Lipinski definition) is 0. The molecule has 0 aliphatic heterocycles. The van der Waals surface area contributed by atoms with Crippen molar-refractivity contribution >= 4 is 21.9 Å². The fraction of sp³-hybridized carbons (Fsp3) is 0. The van der Waals surface area contributed by atoms with E-state index in [1.54, 1.807) is 0 Å². The van der Waals surface area contributed by atoms with Crippen molar-refractivity contribution in [3.63, 3.8) is 0 Å². The summed E-state index contributed by atoms with van der Waals surface area (Å²) < 4.78 is 6.17. The van der Waals surface area contributed by atoms with Gasteiger partial charge in [-0.15, -0.1) is 0 Å². The summed E-state index contributed by atoms with van der Waals surface area (Å²) in [6.07, 6.45) is 0. The van der Waals surface area contributed by atoms with Crippen molar-refractivity contribution < 1.29 is 4.42 Å². The lowest BCUT2D eigenvalue weighted by Gasteiger charge is -2.11. The number of furan rings is 1. The fourth-order valence-electron chi connectivity index (χ4n) is 7.37. The molecular formula is C51H33N3O. The van der Waals surface area contributed by atoms with Crippen molar-refractivity contribution in [1.82, 2.24) is 15.0 Å². The Bertz CT molecular complexity index is 2950. The van der Waals surface area contributed by atoms with Crippen LogP contribution in [0, 0.1) is 0 Å². The second-order valence-corrected chi connectivity index (χ2v) is 13.6. The Morgan fingerprint density at radius 3 is 1.35 bits per heavy atom. The zero-order chi connectivity index (χ0) is 36.6. The first-order valence-electron chi connectivity index (χ1n) is 18.4. The second kappa shape index (κ2) is 13.8. The Labute approximate surface area is 319 Å². The summed E-state index contributed by atoms with van der Waals surface area (Å²) in [5, 5.41) is 2.23. The van der Waals surface area contributed by atoms with Crippen LogP contribution in [0.3, 0.4) is 0 Å². The number of aromatic nitrogens is 3. The van der Waals surface area contributed by atoms with E-state index >= 15 is 0 Å². The molecule has 10 rings (SSSR count). The van der Waals surface area contributed by atoms with Crippen LogP contribution in [0.2, 0.25) is 0 Å². The first kappa shape index (κ1) is 32.2. The van der Waals surface area contributed by atoms with Gasteiger partial charge in [0.25, 0.3) is 0 Å². The maximum Gasteiger partial charge on any atom is 0.164 e. The minimum atomic E-state index is 0.619. The van der Waals surface area contributed by atoms with Gasteiger partial charge in [0.2, 0.25) is 0 Å². The highest BCUT2D eigenvalue weighted by molar-refractivity contribution is 6.12. The highest BCUT2D eigenvalue weighted by atomic mass is 16.3. The molecule has 0 radical (unpaired) electrons. The number of fused-ring (bicyclic) bond motifs is 3. The van der Waals surface area contributed by atoms with Crippen LogP contribution in [0.5, 0.6) is 0 Å². The number of para-hydroxylation sites is 1. The van der Waals surface area contributed by atoms with Gasteiger partial charge in [0.1, 0.15) is 11.2 Å². The molecule has 2 aromatic heterocycles. The molecule has 55 heavy (non-hydrogen) atoms. The SMILES string of the molecule is c1ccc(-c2ccc(-c3cccc(-c4cccc(-c5nc(-c6ccccc6)nc(-c6ccc(-c7cccc8oc9ccccc9c78)cc6)n5)c4)c3)cc2)cc1. The highest BCUT2D eigenvalue weighted by Gasteiger charge is 2.15. The van der Waals surface area contributed by atoms with Crippen LogP contribution in [0.25, 0.3) is 101 Å². The van der Waals surface area contributed by atoms with Crippen LogP contribution in [0.1, 0.15) is 0 Å². The molecule has 0 unspecified atom stereocenters. The van der Waals surface area contributed by atoms with Gasteiger partial charge in [-0.25, -0.2) is 15.0 Å². The van der Waals surface area contributed by atoms with E-state index in [0.29, 0.717) is 17.5 Å². The van der Waals surface area contributed by atoms with Crippen LogP contribution in [-0.2, 0) is 0 Å². The molecule has 0 saturated carbocycles. The largest absolute Gasteiger partial charge is 0.456 e. The molecule has 8 aromatic carbocycles. The molecule has 0 N–H and O–H groups in total. The average molecular weight is 704 g/mol. The number of benzene rings is 8. The monoisotopic (exact) mass is 703 g/mol. The molecule has 0 aliphatic rings. The van der Waals surface area contributed by atoms with Gasteiger partial charge in [-0.2, -0.15) is 0 Å². The van der Waals surface area contributed by atoms with Crippen molar-refractivity contribution in [3.8, 4) is 78.7 Å². The fourth-order valence-corrected chi connectivity index (χ4v) is 7.37. The third kappa shape index (κ3) is 6.26. The Morgan fingerprint density at radius 2 is 0.673 bits per heavy atom. The summed E-state index contributed by atoms with van der Waals surface area (Å²) in [5.41, 5.74) is 13.7. The molecule has 258 valence electrons. The van der Waals surface area contributed by atoms with Crippen molar-refractivity contribution in [2.75, 3.05) is 0 Å². The molecule has 0 bridgehead atoms. The molecule has 4 nitrogen and oxygen atoms in total. The van der Waals surface area contributed by atoms with Gasteiger partial charge < -0.3 is 4.42 Å². The minimum Gasteiger partial charge on any atom is -0.456 e. The lowest BCUT2D eigenvalue weighted by Crippen LogP contribution is -2.00. The smallest absolute Gasteiger partial charge is 0.164 e. The van der Waals surface area contributed by atoms with E-state index in [1.807, 2.05) is 60.7 Å². The molecule has 4 heteroatoms. The number of hydrogen-bond acceptors (Lipinski definition) is 4. The Morgan fingerprint density at radius 1 is 0.273 bits per heavy atom. The molecule has 0 saturated heterocycles. The summed E-state index contributed by atoms with van der Waals surface area (Å²) >= 11 is 0. The van der Waals surface area contributed by atoms with E-state index in [9.17, 15) is 0 Å². The quantitative estimate of drug-likeness (QED) is 0.166. The number of rotatable bonds is 7. The molecule has 2 heterocycles. The Hall–Kier alpha value is -7.43. The Kier molecular flexibility index (Phi) is 8.12. The molecule has 10 aromatic rings. The maximum atomic E-state index is 6.17. The molecule has 0 atom stereocenters. The first-order chi connectivity index (χ1) is 27.2. The van der Waals surface area contributed by atoms with Crippen molar-refractivity contribution in [1.29, 1.82) is 0 Å². The van der Waals surface area contributed by atoms with E-state index in [2.05, 4.69) is 140 Å². The van der Waals surface area contributed by atoms with E-state index in [4.69, 9.17) is 19.4 Å². The molecular weight excluding hydrogens is 671 g/mol. The zero-order valence-corrected chi connectivity index (χ0v) is 29.8. The molecule has 0 aliphatic carbocycles. The predicted octanol–water partition coefficient (Wildman–Crippen LogP) is 13.4. The number of nitrogens with zero attached hydrogens (tertiary/aromatic N) is 3. The van der Waals surface area contributed by atoms with Crippen LogP contribution in [-0.4, -0.2) is 15.0 Å². The van der Waals surface area contributed by atoms with Gasteiger partial charge in [-0.3, -0.25) is 0 Å². The third-order valence-corrected chi connectivity index (χ3v) is 10.2. The molecule has 0 fully saturated rings. The summed E-state index contributed by atoms with van der Waals surface area (Å²) in [5.74, 6) is 1.87. The summed E-state index contributed by atoms with van der Waals surface area (Å²) in [6, 6.07) is 69.4. The average Bonchev–Trinajstić information content (AvgIpc) is 3.66. The first-order valence-corrected chi connectivity index (χ1v) is 18.4. The lowest BCUT2D eigenvalue weighted by atomic mass is 9.96. The van der Waals surface area contributed by atoms with Gasteiger partial charge in [-0.05, 0) is 68.8 Å². The summed E-state index contributed by atoms with van der Waals surface area (Å²) in [6.45, 7) is 0. The standard InChI is InChI=1S/C51H33N3O/c1-3-12-34(13-4-1)35-24-26-36(27-25-35)40-16-9-17-41(32-40)42-18-10-19-43(33-42)51-53-49(38-14-5-2-6-15-38)52-50(54-51)39-30-28-37(29-31-39)44-21-11-23-47-48(44)45-20-7-8-22-46(45)55-47/h1-33H. The normalized spacial score (nSPS) is 11.3. The van der Waals surface area contributed by atoms with Crippen LogP contribution >= 0.6 is 0 Å². The van der Waals surface area contributed by atoms with Crippen LogP contribution in [0.15, 0.2) is 205 Å². The highest BCUT2D eigenvalue weighted by Crippen LogP contribution is 2.37.